The molecule has 36 heavy (non-hydrogen) atoms. The van der Waals surface area contributed by atoms with Gasteiger partial charge < -0.3 is 0 Å². The van der Waals surface area contributed by atoms with Crippen LogP contribution in [-0.4, -0.2) is 28.0 Å². The Labute approximate surface area is 213 Å². The van der Waals surface area contributed by atoms with Crippen molar-refractivity contribution >= 4 is 11.1 Å². The monoisotopic (exact) mass is 467 g/mol. The van der Waals surface area contributed by atoms with E-state index in [4.69, 9.17) is 0 Å². The lowest BCUT2D eigenvalue weighted by Gasteiger charge is -2.39. The quantitative estimate of drug-likeness (QED) is 0.514. The molecule has 5 unspecified atom stereocenters. The number of nitriles is 1. The molecule has 3 heteroatoms. The Morgan fingerprint density at radius 2 is 1.78 bits per heavy atom. The Morgan fingerprint density at radius 3 is 2.67 bits per heavy atom. The molecule has 1 fully saturated rings. The Hall–Kier alpha value is -3.74. The second-order valence-corrected chi connectivity index (χ2v) is 11.0. The van der Waals surface area contributed by atoms with Crippen LogP contribution in [0.2, 0.25) is 0 Å². The van der Waals surface area contributed by atoms with Gasteiger partial charge in [-0.25, -0.2) is 4.98 Å². The smallest absolute Gasteiger partial charge is 0.147 e. The van der Waals surface area contributed by atoms with Crippen molar-refractivity contribution in [3.63, 3.8) is 0 Å². The Bertz CT molecular complexity index is 1490. The van der Waals surface area contributed by atoms with Crippen molar-refractivity contribution in [1.29, 1.82) is 5.26 Å². The number of fused-ring (bicyclic) bond motifs is 6. The van der Waals surface area contributed by atoms with Gasteiger partial charge in [0.05, 0.1) is 0 Å². The van der Waals surface area contributed by atoms with Crippen molar-refractivity contribution in [2.75, 3.05) is 0 Å². The zero-order valence-electron chi connectivity index (χ0n) is 20.7. The van der Waals surface area contributed by atoms with Crippen LogP contribution >= 0.6 is 0 Å². The highest BCUT2D eigenvalue weighted by Crippen LogP contribution is 2.58. The summed E-state index contributed by atoms with van der Waals surface area (Å²) >= 11 is 0. The molecule has 1 aliphatic heterocycles. The van der Waals surface area contributed by atoms with Crippen LogP contribution < -0.4 is 0 Å². The van der Waals surface area contributed by atoms with Crippen molar-refractivity contribution in [3.05, 3.63) is 125 Å². The van der Waals surface area contributed by atoms with Crippen LogP contribution in [-0.2, 0) is 5.41 Å². The molecule has 0 amide bonds. The van der Waals surface area contributed by atoms with E-state index >= 15 is 0 Å². The van der Waals surface area contributed by atoms with Gasteiger partial charge in [-0.15, -0.1) is 0 Å². The van der Waals surface area contributed by atoms with E-state index in [-0.39, 0.29) is 11.5 Å². The first kappa shape index (κ1) is 21.5. The van der Waals surface area contributed by atoms with Crippen molar-refractivity contribution in [3.8, 4) is 6.07 Å². The molecule has 4 aliphatic carbocycles. The van der Waals surface area contributed by atoms with E-state index in [1.165, 1.54) is 22.3 Å². The van der Waals surface area contributed by atoms with Gasteiger partial charge in [0.2, 0.25) is 0 Å². The summed E-state index contributed by atoms with van der Waals surface area (Å²) in [7, 11) is 0. The third kappa shape index (κ3) is 2.92. The predicted octanol–water partition coefficient (Wildman–Crippen LogP) is 6.39. The number of hydrogen-bond acceptors (Lipinski definition) is 3. The van der Waals surface area contributed by atoms with E-state index < -0.39 is 0 Å². The molecule has 3 nitrogen and oxygen atoms in total. The maximum Gasteiger partial charge on any atom is 0.147 e. The summed E-state index contributed by atoms with van der Waals surface area (Å²) in [6, 6.07) is 16.2. The van der Waals surface area contributed by atoms with Gasteiger partial charge >= 0.3 is 0 Å². The summed E-state index contributed by atoms with van der Waals surface area (Å²) < 4.78 is 0. The lowest BCUT2D eigenvalue weighted by Crippen LogP contribution is -2.45. The lowest BCUT2D eigenvalue weighted by atomic mass is 9.68. The molecule has 0 saturated carbocycles. The summed E-state index contributed by atoms with van der Waals surface area (Å²) in [5.41, 5.74) is 8.56. The molecule has 1 aromatic carbocycles. The van der Waals surface area contributed by atoms with Gasteiger partial charge in [-0.1, -0.05) is 98.9 Å². The SMILES string of the molecule is CC1(C)C2=C(C=CC3C2C2C=CC=CC2N3C2C=CC=C(c3cccnc3C#N)C2)c2ccccc21. The van der Waals surface area contributed by atoms with Crippen molar-refractivity contribution in [2.24, 2.45) is 11.8 Å². The molecular formula is C33H29N3. The van der Waals surface area contributed by atoms with Crippen LogP contribution in [0.1, 0.15) is 42.7 Å². The molecule has 5 atom stereocenters. The lowest BCUT2D eigenvalue weighted by molar-refractivity contribution is 0.192. The first-order valence-corrected chi connectivity index (χ1v) is 13.0. The number of aromatic nitrogens is 1. The molecule has 1 saturated heterocycles. The molecule has 0 spiro atoms. The summed E-state index contributed by atoms with van der Waals surface area (Å²) in [4.78, 5) is 7.06. The van der Waals surface area contributed by atoms with Gasteiger partial charge in [0, 0.05) is 47.1 Å². The van der Waals surface area contributed by atoms with Crippen LogP contribution in [0.4, 0.5) is 0 Å². The summed E-state index contributed by atoms with van der Waals surface area (Å²) in [6.45, 7) is 4.83. The van der Waals surface area contributed by atoms with Gasteiger partial charge in [-0.3, -0.25) is 4.90 Å². The Kier molecular flexibility index (Phi) is 4.72. The summed E-state index contributed by atoms with van der Waals surface area (Å²) in [6.07, 6.45) is 23.5. The minimum atomic E-state index is 0.0139. The molecule has 1 aromatic heterocycles. The highest BCUT2D eigenvalue weighted by Gasteiger charge is 2.55. The largest absolute Gasteiger partial charge is 0.283 e. The maximum absolute atomic E-state index is 9.65. The average molecular weight is 468 g/mol. The minimum Gasteiger partial charge on any atom is -0.283 e. The normalized spacial score (nSPS) is 30.9. The maximum atomic E-state index is 9.65. The van der Waals surface area contributed by atoms with Gasteiger partial charge in [0.25, 0.3) is 0 Å². The fourth-order valence-electron chi connectivity index (χ4n) is 7.56. The fourth-order valence-corrected chi connectivity index (χ4v) is 7.56. The van der Waals surface area contributed by atoms with Gasteiger partial charge in [-0.2, -0.15) is 5.26 Å². The molecule has 2 heterocycles. The van der Waals surface area contributed by atoms with Crippen LogP contribution in [0.5, 0.6) is 0 Å². The Morgan fingerprint density at radius 1 is 0.944 bits per heavy atom. The Balaban J connectivity index is 1.29. The van der Waals surface area contributed by atoms with E-state index in [1.807, 2.05) is 12.1 Å². The number of pyridine rings is 1. The minimum absolute atomic E-state index is 0.0139. The topological polar surface area (TPSA) is 39.9 Å². The standard InChI is InChI=1S/C33H29N3/c1-33(2)27-14-5-3-11-24(27)25-16-17-30-31(32(25)33)26-12-4-6-15-29(26)36(30)22-10-7-9-21(19-22)23-13-8-18-35-28(23)20-34/h3-18,22,26,29-31H,19H2,1-2H3. The number of rotatable bonds is 2. The van der Waals surface area contributed by atoms with Crippen LogP contribution in [0, 0.1) is 23.2 Å². The van der Waals surface area contributed by atoms with E-state index in [1.54, 1.807) is 11.8 Å². The molecule has 7 rings (SSSR count). The highest BCUT2D eigenvalue weighted by atomic mass is 15.2. The van der Waals surface area contributed by atoms with E-state index in [0.717, 1.165) is 12.0 Å². The van der Waals surface area contributed by atoms with Gasteiger partial charge in [0.1, 0.15) is 11.8 Å². The van der Waals surface area contributed by atoms with Gasteiger partial charge in [-0.05, 0) is 40.3 Å². The molecule has 0 radical (unpaired) electrons. The second-order valence-electron chi connectivity index (χ2n) is 11.0. The number of hydrogen-bond donors (Lipinski definition) is 0. The number of nitrogens with zero attached hydrogens (tertiary/aromatic N) is 3. The first-order valence-electron chi connectivity index (χ1n) is 13.0. The summed E-state index contributed by atoms with van der Waals surface area (Å²) in [5, 5.41) is 9.65. The fraction of sp³-hybridized carbons (Fsp3) is 0.273. The van der Waals surface area contributed by atoms with E-state index in [0.29, 0.717) is 29.6 Å². The molecule has 0 N–H and O–H groups in total. The van der Waals surface area contributed by atoms with Gasteiger partial charge in [0.15, 0.2) is 0 Å². The molecule has 2 aromatic rings. The molecule has 0 bridgehead atoms. The third-order valence-electron chi connectivity index (χ3n) is 8.97. The molecule has 176 valence electrons. The van der Waals surface area contributed by atoms with Crippen molar-refractivity contribution in [2.45, 2.75) is 43.8 Å². The molecular weight excluding hydrogens is 438 g/mol. The zero-order valence-corrected chi connectivity index (χ0v) is 20.7. The number of benzene rings is 1. The third-order valence-corrected chi connectivity index (χ3v) is 8.97. The van der Waals surface area contributed by atoms with Crippen molar-refractivity contribution < 1.29 is 0 Å². The van der Waals surface area contributed by atoms with Crippen LogP contribution in [0.15, 0.2) is 103 Å². The van der Waals surface area contributed by atoms with Crippen molar-refractivity contribution in [1.82, 2.24) is 9.88 Å². The number of likely N-dealkylation sites (tertiary alicyclic amines) is 1. The average Bonchev–Trinajstić information content (AvgIpc) is 3.38. The van der Waals surface area contributed by atoms with Crippen LogP contribution in [0.3, 0.4) is 0 Å². The summed E-state index contributed by atoms with van der Waals surface area (Å²) in [5.74, 6) is 0.883. The van der Waals surface area contributed by atoms with Crippen LogP contribution in [0.25, 0.3) is 11.1 Å². The van der Waals surface area contributed by atoms with E-state index in [9.17, 15) is 5.26 Å². The molecule has 5 aliphatic rings. The predicted molar refractivity (Wildman–Crippen MR) is 145 cm³/mol. The second kappa shape index (κ2) is 7.88. The zero-order chi connectivity index (χ0) is 24.4. The number of allylic oxidation sites excluding steroid dienone is 6. The van der Waals surface area contributed by atoms with E-state index in [2.05, 4.69) is 109 Å². The highest BCUT2D eigenvalue weighted by molar-refractivity contribution is 5.87. The first-order chi connectivity index (χ1) is 17.6.